The van der Waals surface area contributed by atoms with Crippen molar-refractivity contribution in [1.82, 2.24) is 10.2 Å². The van der Waals surface area contributed by atoms with E-state index in [1.54, 1.807) is 0 Å². The van der Waals surface area contributed by atoms with Gasteiger partial charge in [-0.3, -0.25) is 9.69 Å². The topological polar surface area (TPSA) is 41.6 Å². The molecule has 0 atom stereocenters. The van der Waals surface area contributed by atoms with Crippen LogP contribution in [0.15, 0.2) is 0 Å². The standard InChI is InChI=1S/C12H26N2O2/c1-11(2)9-13-5-6-14(12(3)4)7-8-16-10-15/h10-13H,5-9H2,1-4H3. The van der Waals surface area contributed by atoms with Gasteiger partial charge in [0.15, 0.2) is 0 Å². The zero-order valence-corrected chi connectivity index (χ0v) is 11.0. The van der Waals surface area contributed by atoms with Crippen LogP contribution in [-0.4, -0.2) is 50.2 Å². The molecule has 0 aliphatic rings. The van der Waals surface area contributed by atoms with Crippen LogP contribution in [0.1, 0.15) is 27.7 Å². The first kappa shape index (κ1) is 15.4. The summed E-state index contributed by atoms with van der Waals surface area (Å²) < 4.78 is 4.72. The first-order valence-corrected chi connectivity index (χ1v) is 6.08. The molecule has 0 spiro atoms. The summed E-state index contributed by atoms with van der Waals surface area (Å²) in [6.45, 7) is 13.5. The van der Waals surface area contributed by atoms with Gasteiger partial charge in [-0.2, -0.15) is 0 Å². The second-order valence-corrected chi connectivity index (χ2v) is 4.69. The van der Waals surface area contributed by atoms with E-state index < -0.39 is 0 Å². The smallest absolute Gasteiger partial charge is 0.293 e. The van der Waals surface area contributed by atoms with E-state index in [-0.39, 0.29) is 0 Å². The lowest BCUT2D eigenvalue weighted by Crippen LogP contribution is -2.39. The van der Waals surface area contributed by atoms with Crippen LogP contribution in [0.4, 0.5) is 0 Å². The molecule has 0 aromatic heterocycles. The zero-order chi connectivity index (χ0) is 12.4. The van der Waals surface area contributed by atoms with Crippen molar-refractivity contribution in [3.8, 4) is 0 Å². The molecule has 1 N–H and O–H groups in total. The van der Waals surface area contributed by atoms with Crippen molar-refractivity contribution in [2.75, 3.05) is 32.8 Å². The van der Waals surface area contributed by atoms with Crippen molar-refractivity contribution in [3.05, 3.63) is 0 Å². The summed E-state index contributed by atoms with van der Waals surface area (Å²) in [4.78, 5) is 12.3. The minimum atomic E-state index is 0.478. The number of nitrogens with zero attached hydrogens (tertiary/aromatic N) is 1. The summed E-state index contributed by atoms with van der Waals surface area (Å²) in [6, 6.07) is 0.483. The maximum atomic E-state index is 10.0. The summed E-state index contributed by atoms with van der Waals surface area (Å²) >= 11 is 0. The Morgan fingerprint density at radius 1 is 1.25 bits per heavy atom. The van der Waals surface area contributed by atoms with Gasteiger partial charge in [0.1, 0.15) is 6.61 Å². The third kappa shape index (κ3) is 8.68. The Morgan fingerprint density at radius 2 is 1.94 bits per heavy atom. The highest BCUT2D eigenvalue weighted by Crippen LogP contribution is 1.96. The molecule has 4 nitrogen and oxygen atoms in total. The van der Waals surface area contributed by atoms with Gasteiger partial charge in [0.25, 0.3) is 6.47 Å². The Labute approximate surface area is 99.3 Å². The average molecular weight is 230 g/mol. The molecule has 16 heavy (non-hydrogen) atoms. The molecular formula is C12H26N2O2. The largest absolute Gasteiger partial charge is 0.467 e. The molecule has 0 aliphatic carbocycles. The van der Waals surface area contributed by atoms with Crippen molar-refractivity contribution < 1.29 is 9.53 Å². The molecule has 0 radical (unpaired) electrons. The molecular weight excluding hydrogens is 204 g/mol. The minimum Gasteiger partial charge on any atom is -0.467 e. The van der Waals surface area contributed by atoms with Crippen LogP contribution in [0.25, 0.3) is 0 Å². The third-order valence-corrected chi connectivity index (χ3v) is 2.42. The Kier molecular flexibility index (Phi) is 9.24. The lowest BCUT2D eigenvalue weighted by molar-refractivity contribution is -0.129. The highest BCUT2D eigenvalue weighted by molar-refractivity contribution is 5.36. The highest BCUT2D eigenvalue weighted by Gasteiger charge is 2.08. The van der Waals surface area contributed by atoms with E-state index in [1.165, 1.54) is 0 Å². The van der Waals surface area contributed by atoms with E-state index >= 15 is 0 Å². The Hall–Kier alpha value is -0.610. The number of carbonyl (C=O) groups excluding carboxylic acids is 1. The summed E-state index contributed by atoms with van der Waals surface area (Å²) in [5, 5.41) is 3.41. The molecule has 0 aromatic rings. The van der Waals surface area contributed by atoms with Gasteiger partial charge < -0.3 is 10.1 Å². The number of hydrogen-bond acceptors (Lipinski definition) is 4. The second kappa shape index (κ2) is 9.60. The molecule has 0 fully saturated rings. The van der Waals surface area contributed by atoms with Crippen LogP contribution in [0, 0.1) is 5.92 Å². The van der Waals surface area contributed by atoms with E-state index in [1.807, 2.05) is 0 Å². The quantitative estimate of drug-likeness (QED) is 0.451. The Morgan fingerprint density at radius 3 is 2.44 bits per heavy atom. The first-order valence-electron chi connectivity index (χ1n) is 6.08. The van der Waals surface area contributed by atoms with Crippen LogP contribution in [0.2, 0.25) is 0 Å². The fraction of sp³-hybridized carbons (Fsp3) is 0.917. The van der Waals surface area contributed by atoms with Crippen molar-refractivity contribution in [2.24, 2.45) is 5.92 Å². The zero-order valence-electron chi connectivity index (χ0n) is 11.0. The Bertz CT molecular complexity index is 172. The lowest BCUT2D eigenvalue weighted by atomic mass is 10.2. The maximum Gasteiger partial charge on any atom is 0.293 e. The summed E-state index contributed by atoms with van der Waals surface area (Å²) in [6.07, 6.45) is 0. The predicted molar refractivity (Wildman–Crippen MR) is 66.4 cm³/mol. The van der Waals surface area contributed by atoms with Gasteiger partial charge >= 0.3 is 0 Å². The van der Waals surface area contributed by atoms with Crippen LogP contribution < -0.4 is 5.32 Å². The molecule has 0 saturated heterocycles. The molecule has 0 amide bonds. The number of carbonyl (C=O) groups is 1. The van der Waals surface area contributed by atoms with Crippen LogP contribution in [0.3, 0.4) is 0 Å². The van der Waals surface area contributed by atoms with Gasteiger partial charge in [0, 0.05) is 25.7 Å². The molecule has 0 rings (SSSR count). The molecule has 0 aliphatic heterocycles. The molecule has 0 unspecified atom stereocenters. The number of ether oxygens (including phenoxy) is 1. The van der Waals surface area contributed by atoms with Crippen LogP contribution >= 0.6 is 0 Å². The SMILES string of the molecule is CC(C)CNCCN(CCOC=O)C(C)C. The molecule has 0 heterocycles. The van der Waals surface area contributed by atoms with E-state index in [4.69, 9.17) is 4.74 Å². The fourth-order valence-electron chi connectivity index (χ4n) is 1.46. The van der Waals surface area contributed by atoms with Gasteiger partial charge in [-0.1, -0.05) is 13.8 Å². The summed E-state index contributed by atoms with van der Waals surface area (Å²) in [5.41, 5.74) is 0. The predicted octanol–water partition coefficient (Wildman–Crippen LogP) is 1.12. The Balaban J connectivity index is 3.63. The summed E-state index contributed by atoms with van der Waals surface area (Å²) in [5.74, 6) is 0.686. The van der Waals surface area contributed by atoms with Crippen molar-refractivity contribution >= 4 is 6.47 Å². The lowest BCUT2D eigenvalue weighted by Gasteiger charge is -2.26. The van der Waals surface area contributed by atoms with Gasteiger partial charge in [-0.15, -0.1) is 0 Å². The second-order valence-electron chi connectivity index (χ2n) is 4.69. The fourth-order valence-corrected chi connectivity index (χ4v) is 1.46. The van der Waals surface area contributed by atoms with Crippen LogP contribution in [-0.2, 0) is 9.53 Å². The first-order chi connectivity index (χ1) is 7.57. The van der Waals surface area contributed by atoms with Crippen molar-refractivity contribution in [2.45, 2.75) is 33.7 Å². The highest BCUT2D eigenvalue weighted by atomic mass is 16.5. The molecule has 96 valence electrons. The molecule has 0 bridgehead atoms. The molecule has 0 aromatic carbocycles. The van der Waals surface area contributed by atoms with E-state index in [2.05, 4.69) is 37.9 Å². The number of hydrogen-bond donors (Lipinski definition) is 1. The molecule has 0 saturated carbocycles. The van der Waals surface area contributed by atoms with Gasteiger partial charge in [0.2, 0.25) is 0 Å². The van der Waals surface area contributed by atoms with E-state index in [0.29, 0.717) is 25.0 Å². The van der Waals surface area contributed by atoms with E-state index in [9.17, 15) is 4.79 Å². The van der Waals surface area contributed by atoms with Crippen molar-refractivity contribution in [1.29, 1.82) is 0 Å². The summed E-state index contributed by atoms with van der Waals surface area (Å²) in [7, 11) is 0. The van der Waals surface area contributed by atoms with Gasteiger partial charge in [0.05, 0.1) is 0 Å². The normalized spacial score (nSPS) is 11.4. The van der Waals surface area contributed by atoms with Crippen LogP contribution in [0.5, 0.6) is 0 Å². The number of rotatable bonds is 10. The van der Waals surface area contributed by atoms with Crippen molar-refractivity contribution in [3.63, 3.8) is 0 Å². The van der Waals surface area contributed by atoms with E-state index in [0.717, 1.165) is 26.2 Å². The average Bonchev–Trinajstić information content (AvgIpc) is 2.21. The number of nitrogens with one attached hydrogen (secondary N) is 1. The maximum absolute atomic E-state index is 10.0. The third-order valence-electron chi connectivity index (χ3n) is 2.42. The van der Waals surface area contributed by atoms with Gasteiger partial charge in [-0.05, 0) is 26.3 Å². The van der Waals surface area contributed by atoms with Gasteiger partial charge in [-0.25, -0.2) is 0 Å². The minimum absolute atomic E-state index is 0.478. The monoisotopic (exact) mass is 230 g/mol. The molecule has 4 heteroatoms.